The molecule has 1 amide bonds. The Hall–Kier alpha value is -2.12. The first-order valence-corrected chi connectivity index (χ1v) is 7.83. The van der Waals surface area contributed by atoms with E-state index in [2.05, 4.69) is 0 Å². The number of rotatable bonds is 6. The van der Waals surface area contributed by atoms with E-state index in [1.807, 2.05) is 25.1 Å². The molecule has 7 nitrogen and oxygen atoms in total. The van der Waals surface area contributed by atoms with E-state index in [0.29, 0.717) is 6.54 Å². The zero-order chi connectivity index (χ0) is 17.9. The summed E-state index contributed by atoms with van der Waals surface area (Å²) in [5.41, 5.74) is 1.85. The van der Waals surface area contributed by atoms with Gasteiger partial charge in [0.25, 0.3) is 0 Å². The van der Waals surface area contributed by atoms with Crippen LogP contribution in [0.2, 0.25) is 0 Å². The second kappa shape index (κ2) is 7.63. The zero-order valence-electron chi connectivity index (χ0n) is 14.2. The van der Waals surface area contributed by atoms with Crippen LogP contribution in [0.15, 0.2) is 18.2 Å². The molecule has 132 valence electrons. The molecule has 1 aromatic carbocycles. The lowest BCUT2D eigenvalue weighted by Crippen LogP contribution is -2.43. The molecule has 0 aliphatic carbocycles. The molecule has 2 N–H and O–H groups in total. The molecule has 1 aliphatic rings. The van der Waals surface area contributed by atoms with E-state index >= 15 is 0 Å². The minimum Gasteiger partial charge on any atom is -0.496 e. The molecule has 0 radical (unpaired) electrons. The smallest absolute Gasteiger partial charge is 0.317 e. The fraction of sp³-hybridized carbons (Fsp3) is 0.529. The lowest BCUT2D eigenvalue weighted by molar-refractivity contribution is -0.138. The van der Waals surface area contributed by atoms with Crippen LogP contribution in [0, 0.1) is 6.92 Å². The molecule has 1 aliphatic heterocycles. The minimum absolute atomic E-state index is 0.0915. The molecule has 7 heteroatoms. The molecule has 1 unspecified atom stereocenters. The van der Waals surface area contributed by atoms with Gasteiger partial charge in [0.2, 0.25) is 5.91 Å². The lowest BCUT2D eigenvalue weighted by atomic mass is 10.1. The van der Waals surface area contributed by atoms with Gasteiger partial charge in [0.1, 0.15) is 5.75 Å². The predicted octanol–water partition coefficient (Wildman–Crippen LogP) is 0.134. The number of ether oxygens (including phenoxy) is 1. The quantitative estimate of drug-likeness (QED) is 0.768. The van der Waals surface area contributed by atoms with Crippen LogP contribution in [0.1, 0.15) is 11.1 Å². The van der Waals surface area contributed by atoms with Crippen molar-refractivity contribution in [3.05, 3.63) is 29.3 Å². The number of hydrogen-bond donors (Lipinski definition) is 2. The van der Waals surface area contributed by atoms with Crippen molar-refractivity contribution in [1.82, 2.24) is 9.80 Å². The highest BCUT2D eigenvalue weighted by atomic mass is 16.5. The predicted molar refractivity (Wildman–Crippen MR) is 88.1 cm³/mol. The van der Waals surface area contributed by atoms with Crippen molar-refractivity contribution in [2.75, 3.05) is 33.8 Å². The number of methoxy groups -OCH3 is 1. The van der Waals surface area contributed by atoms with Crippen LogP contribution in [0.5, 0.6) is 5.75 Å². The molecule has 1 aromatic rings. The summed E-state index contributed by atoms with van der Waals surface area (Å²) < 4.78 is 5.27. The summed E-state index contributed by atoms with van der Waals surface area (Å²) in [6.07, 6.45) is -0.524. The number of benzene rings is 1. The monoisotopic (exact) mass is 336 g/mol. The van der Waals surface area contributed by atoms with Crippen LogP contribution in [0.3, 0.4) is 0 Å². The maximum atomic E-state index is 12.5. The first kappa shape index (κ1) is 18.2. The third-order valence-corrected chi connectivity index (χ3v) is 4.39. The van der Waals surface area contributed by atoms with E-state index in [9.17, 15) is 14.7 Å². The van der Waals surface area contributed by atoms with Gasteiger partial charge in [-0.15, -0.1) is 0 Å². The van der Waals surface area contributed by atoms with E-state index in [4.69, 9.17) is 9.84 Å². The number of aryl methyl sites for hydroxylation is 1. The summed E-state index contributed by atoms with van der Waals surface area (Å²) >= 11 is 0. The van der Waals surface area contributed by atoms with Crippen LogP contribution in [0.25, 0.3) is 0 Å². The Bertz CT molecular complexity index is 619. The number of nitrogens with zero attached hydrogens (tertiary/aromatic N) is 2. The molecule has 1 saturated heterocycles. The molecule has 24 heavy (non-hydrogen) atoms. The average molecular weight is 336 g/mol. The summed E-state index contributed by atoms with van der Waals surface area (Å²) in [6.45, 7) is 2.31. The first-order chi connectivity index (χ1) is 11.3. The van der Waals surface area contributed by atoms with Crippen molar-refractivity contribution in [3.8, 4) is 5.75 Å². The topological polar surface area (TPSA) is 90.3 Å². The van der Waals surface area contributed by atoms with Gasteiger partial charge in [-0.05, 0) is 31.2 Å². The number of amides is 1. The minimum atomic E-state index is -0.957. The molecule has 2 rings (SSSR count). The second-order valence-electron chi connectivity index (χ2n) is 6.22. The highest BCUT2D eigenvalue weighted by Crippen LogP contribution is 2.21. The van der Waals surface area contributed by atoms with E-state index in [-0.39, 0.29) is 31.5 Å². The number of β-amino-alcohol motifs (C(OH)–C–C–N with tert-alkyl or cyclic N) is 1. The Balaban J connectivity index is 1.99. The van der Waals surface area contributed by atoms with Crippen molar-refractivity contribution in [1.29, 1.82) is 0 Å². The summed E-state index contributed by atoms with van der Waals surface area (Å²) in [4.78, 5) is 26.4. The number of carboxylic acid groups (broad SMARTS) is 1. The Morgan fingerprint density at radius 3 is 2.71 bits per heavy atom. The number of carboxylic acids is 1. The molecule has 2 atom stereocenters. The molecule has 0 bridgehead atoms. The van der Waals surface area contributed by atoms with Crippen molar-refractivity contribution >= 4 is 11.9 Å². The average Bonchev–Trinajstić information content (AvgIpc) is 2.90. The van der Waals surface area contributed by atoms with E-state index in [0.717, 1.165) is 16.9 Å². The van der Waals surface area contributed by atoms with Crippen molar-refractivity contribution in [2.24, 2.45) is 0 Å². The van der Waals surface area contributed by atoms with Gasteiger partial charge in [-0.3, -0.25) is 14.5 Å². The Kier molecular flexibility index (Phi) is 5.80. The zero-order valence-corrected chi connectivity index (χ0v) is 14.2. The number of likely N-dealkylation sites (N-methyl/N-ethyl adjacent to an activating group) is 1. The van der Waals surface area contributed by atoms with Gasteiger partial charge >= 0.3 is 5.97 Å². The highest BCUT2D eigenvalue weighted by Gasteiger charge is 2.36. The van der Waals surface area contributed by atoms with Crippen LogP contribution in [0.4, 0.5) is 0 Å². The first-order valence-electron chi connectivity index (χ1n) is 7.83. The summed E-state index contributed by atoms with van der Waals surface area (Å²) in [6, 6.07) is 5.27. The van der Waals surface area contributed by atoms with E-state index in [1.54, 1.807) is 24.0 Å². The second-order valence-corrected chi connectivity index (χ2v) is 6.22. The van der Waals surface area contributed by atoms with Gasteiger partial charge in [0, 0.05) is 13.1 Å². The Labute approximate surface area is 141 Å². The van der Waals surface area contributed by atoms with Crippen molar-refractivity contribution < 1.29 is 24.5 Å². The third-order valence-electron chi connectivity index (χ3n) is 4.39. The molecule has 1 heterocycles. The molecule has 0 spiro atoms. The van der Waals surface area contributed by atoms with Gasteiger partial charge in [-0.2, -0.15) is 0 Å². The molecular formula is C17H24N2O5. The van der Waals surface area contributed by atoms with Gasteiger partial charge in [0.15, 0.2) is 0 Å². The maximum Gasteiger partial charge on any atom is 0.317 e. The number of hydrogen-bond acceptors (Lipinski definition) is 5. The van der Waals surface area contributed by atoms with Crippen LogP contribution < -0.4 is 4.74 Å². The number of carbonyl (C=O) groups is 2. The fourth-order valence-corrected chi connectivity index (χ4v) is 3.00. The van der Waals surface area contributed by atoms with E-state index in [1.165, 1.54) is 0 Å². The lowest BCUT2D eigenvalue weighted by Gasteiger charge is -2.24. The van der Waals surface area contributed by atoms with Gasteiger partial charge in [-0.1, -0.05) is 12.1 Å². The molecular weight excluding hydrogens is 312 g/mol. The summed E-state index contributed by atoms with van der Waals surface area (Å²) in [5, 5.41) is 19.0. The Morgan fingerprint density at radius 2 is 2.08 bits per heavy atom. The van der Waals surface area contributed by atoms with E-state index < -0.39 is 12.1 Å². The highest BCUT2D eigenvalue weighted by molar-refractivity contribution is 5.79. The van der Waals surface area contributed by atoms with Crippen LogP contribution in [-0.4, -0.2) is 77.8 Å². The maximum absolute atomic E-state index is 12.5. The molecule has 1 fully saturated rings. The van der Waals surface area contributed by atoms with Gasteiger partial charge in [-0.25, -0.2) is 0 Å². The largest absolute Gasteiger partial charge is 0.496 e. The standard InChI is InChI=1S/C17H24N2O5/c1-11-4-5-12(6-15(11)24-3)7-16(21)19-8-13(14(20)9-19)18(2)10-17(22)23/h4-6,13-14,20H,7-10H2,1-3H3,(H,22,23)/t13?,14-/m1/s1. The number of likely N-dealkylation sites (tertiary alicyclic amines) is 1. The van der Waals surface area contributed by atoms with Gasteiger partial charge in [0.05, 0.1) is 32.2 Å². The summed E-state index contributed by atoms with van der Waals surface area (Å²) in [5.74, 6) is -0.312. The number of carbonyl (C=O) groups excluding carboxylic acids is 1. The van der Waals surface area contributed by atoms with Crippen LogP contribution in [-0.2, 0) is 16.0 Å². The Morgan fingerprint density at radius 1 is 1.38 bits per heavy atom. The number of aliphatic carboxylic acids is 1. The number of aliphatic hydroxyl groups excluding tert-OH is 1. The van der Waals surface area contributed by atoms with Crippen molar-refractivity contribution in [2.45, 2.75) is 25.5 Å². The van der Waals surface area contributed by atoms with Gasteiger partial charge < -0.3 is 19.8 Å². The molecule has 0 aromatic heterocycles. The number of aliphatic hydroxyl groups is 1. The SMILES string of the molecule is COc1cc(CC(=O)N2CC(N(C)CC(=O)O)[C@H](O)C2)ccc1C. The summed E-state index contributed by atoms with van der Waals surface area (Å²) in [7, 11) is 3.23. The fourth-order valence-electron chi connectivity index (χ4n) is 3.00. The normalized spacial score (nSPS) is 20.5. The van der Waals surface area contributed by atoms with Crippen molar-refractivity contribution in [3.63, 3.8) is 0 Å². The third kappa shape index (κ3) is 4.24. The molecule has 0 saturated carbocycles. The van der Waals surface area contributed by atoms with Crippen LogP contribution >= 0.6 is 0 Å².